The van der Waals surface area contributed by atoms with Crippen LogP contribution in [0, 0.1) is 12.7 Å². The molecule has 3 N–H and O–H groups in total. The summed E-state index contributed by atoms with van der Waals surface area (Å²) in [6.45, 7) is 5.88. The van der Waals surface area contributed by atoms with Gasteiger partial charge in [0.25, 0.3) is 0 Å². The molecule has 0 unspecified atom stereocenters. The standard InChI is InChI=1S/C16H15ClFN3O2.C2H6/c1-9-6-7-10(8-13(9)23-2)20-16(22)21-15(19)14-11(17)4-3-5-12(14)18;1-2/h3-8H,1-2H3,(H3,19,20,21,22);1-2H3. The van der Waals surface area contributed by atoms with Gasteiger partial charge in [-0.2, -0.15) is 4.99 Å². The van der Waals surface area contributed by atoms with Crippen molar-refractivity contribution < 1.29 is 13.9 Å². The highest BCUT2D eigenvalue weighted by Gasteiger charge is 2.13. The van der Waals surface area contributed by atoms with Crippen LogP contribution in [-0.2, 0) is 0 Å². The van der Waals surface area contributed by atoms with Crippen LogP contribution in [0.1, 0.15) is 25.0 Å². The monoisotopic (exact) mass is 365 g/mol. The highest BCUT2D eigenvalue weighted by atomic mass is 35.5. The Bertz CT molecular complexity index is 759. The summed E-state index contributed by atoms with van der Waals surface area (Å²) in [7, 11) is 1.53. The number of hydrogen-bond acceptors (Lipinski definition) is 2. The lowest BCUT2D eigenvalue weighted by molar-refractivity contribution is 0.259. The van der Waals surface area contributed by atoms with Gasteiger partial charge in [0.05, 0.1) is 17.7 Å². The summed E-state index contributed by atoms with van der Waals surface area (Å²) in [5.74, 6) is -0.329. The number of nitrogens with two attached hydrogens (primary N) is 1. The number of hydrogen-bond donors (Lipinski definition) is 2. The Hall–Kier alpha value is -2.60. The van der Waals surface area contributed by atoms with Crippen molar-refractivity contribution in [2.45, 2.75) is 20.8 Å². The number of anilines is 1. The van der Waals surface area contributed by atoms with Crippen LogP contribution in [0.2, 0.25) is 5.02 Å². The molecule has 0 aromatic heterocycles. The Morgan fingerprint density at radius 2 is 1.96 bits per heavy atom. The fourth-order valence-electron chi connectivity index (χ4n) is 1.96. The van der Waals surface area contributed by atoms with E-state index in [2.05, 4.69) is 10.3 Å². The molecule has 0 saturated heterocycles. The summed E-state index contributed by atoms with van der Waals surface area (Å²) in [6.07, 6.45) is 0. The van der Waals surface area contributed by atoms with Crippen molar-refractivity contribution in [2.75, 3.05) is 12.4 Å². The molecule has 2 aromatic rings. The molecule has 0 atom stereocenters. The Labute approximate surface area is 151 Å². The molecule has 0 bridgehead atoms. The second-order valence-electron chi connectivity index (χ2n) is 4.71. The average molecular weight is 366 g/mol. The predicted octanol–water partition coefficient (Wildman–Crippen LogP) is 4.76. The number of amidine groups is 1. The molecule has 2 rings (SSSR count). The van der Waals surface area contributed by atoms with Gasteiger partial charge < -0.3 is 15.8 Å². The fourth-order valence-corrected chi connectivity index (χ4v) is 2.22. The molecule has 0 spiro atoms. The van der Waals surface area contributed by atoms with Gasteiger partial charge in [-0.15, -0.1) is 0 Å². The first kappa shape index (κ1) is 20.4. The lowest BCUT2D eigenvalue weighted by atomic mass is 10.2. The number of ether oxygens (including phenoxy) is 1. The van der Waals surface area contributed by atoms with Gasteiger partial charge in [-0.3, -0.25) is 0 Å². The molecule has 2 amide bonds. The quantitative estimate of drug-likeness (QED) is 0.608. The van der Waals surface area contributed by atoms with Crippen LogP contribution in [0.15, 0.2) is 41.4 Å². The Kier molecular flexibility index (Phi) is 7.88. The molecule has 25 heavy (non-hydrogen) atoms. The highest BCUT2D eigenvalue weighted by molar-refractivity contribution is 6.34. The summed E-state index contributed by atoms with van der Waals surface area (Å²) in [6, 6.07) is 8.47. The molecular weight excluding hydrogens is 345 g/mol. The van der Waals surface area contributed by atoms with Crippen LogP contribution in [0.4, 0.5) is 14.9 Å². The van der Waals surface area contributed by atoms with Gasteiger partial charge in [-0.25, -0.2) is 9.18 Å². The molecule has 134 valence electrons. The molecule has 2 aromatic carbocycles. The van der Waals surface area contributed by atoms with Crippen LogP contribution in [0.5, 0.6) is 5.75 Å². The highest BCUT2D eigenvalue weighted by Crippen LogP contribution is 2.22. The fraction of sp³-hybridized carbons (Fsp3) is 0.222. The minimum atomic E-state index is -0.743. The van der Waals surface area contributed by atoms with E-state index in [1.807, 2.05) is 20.8 Å². The zero-order chi connectivity index (χ0) is 19.0. The first-order chi connectivity index (χ1) is 11.9. The minimum absolute atomic E-state index is 0.0797. The Morgan fingerprint density at radius 1 is 1.28 bits per heavy atom. The number of aliphatic imine (C=N–C) groups is 1. The van der Waals surface area contributed by atoms with E-state index in [1.165, 1.54) is 25.3 Å². The predicted molar refractivity (Wildman–Crippen MR) is 100 cm³/mol. The number of rotatable bonds is 3. The van der Waals surface area contributed by atoms with Gasteiger partial charge in [0.1, 0.15) is 17.4 Å². The summed E-state index contributed by atoms with van der Waals surface area (Å²) in [4.78, 5) is 15.5. The topological polar surface area (TPSA) is 76.7 Å². The second-order valence-corrected chi connectivity index (χ2v) is 5.12. The summed E-state index contributed by atoms with van der Waals surface area (Å²) < 4.78 is 18.9. The summed E-state index contributed by atoms with van der Waals surface area (Å²) in [5.41, 5.74) is 6.97. The van der Waals surface area contributed by atoms with E-state index in [-0.39, 0.29) is 16.4 Å². The zero-order valence-corrected chi connectivity index (χ0v) is 15.3. The van der Waals surface area contributed by atoms with Crippen molar-refractivity contribution in [1.29, 1.82) is 0 Å². The minimum Gasteiger partial charge on any atom is -0.496 e. The Morgan fingerprint density at radius 3 is 2.56 bits per heavy atom. The van der Waals surface area contributed by atoms with Crippen molar-refractivity contribution in [3.05, 3.63) is 58.4 Å². The third-order valence-corrected chi connectivity index (χ3v) is 3.42. The second kappa shape index (κ2) is 9.64. The SMILES string of the molecule is CC.COc1cc(NC(=O)/N=C(\N)c2c(F)cccc2Cl)ccc1C. The number of amides is 2. The molecular formula is C18H21ClFN3O2. The number of halogens is 2. The van der Waals surface area contributed by atoms with E-state index < -0.39 is 11.8 Å². The smallest absolute Gasteiger partial charge is 0.347 e. The zero-order valence-electron chi connectivity index (χ0n) is 14.6. The van der Waals surface area contributed by atoms with Crippen molar-refractivity contribution in [2.24, 2.45) is 10.7 Å². The number of aryl methyl sites for hydroxylation is 1. The molecule has 5 nitrogen and oxygen atoms in total. The van der Waals surface area contributed by atoms with E-state index in [1.54, 1.807) is 18.2 Å². The number of methoxy groups -OCH3 is 1. The third kappa shape index (κ3) is 5.46. The maximum atomic E-state index is 13.7. The number of nitrogens with zero attached hydrogens (tertiary/aromatic N) is 1. The van der Waals surface area contributed by atoms with Crippen molar-refractivity contribution in [3.63, 3.8) is 0 Å². The van der Waals surface area contributed by atoms with Crippen molar-refractivity contribution in [1.82, 2.24) is 0 Å². The van der Waals surface area contributed by atoms with E-state index in [0.29, 0.717) is 11.4 Å². The maximum Gasteiger partial charge on any atom is 0.347 e. The van der Waals surface area contributed by atoms with Crippen molar-refractivity contribution >= 4 is 29.2 Å². The molecule has 0 aliphatic carbocycles. The largest absolute Gasteiger partial charge is 0.496 e. The molecule has 0 saturated carbocycles. The van der Waals surface area contributed by atoms with Crippen LogP contribution in [-0.4, -0.2) is 19.0 Å². The number of carbonyl (C=O) groups excluding carboxylic acids is 1. The van der Waals surface area contributed by atoms with Gasteiger partial charge in [0.15, 0.2) is 0 Å². The first-order valence-electron chi connectivity index (χ1n) is 7.66. The summed E-state index contributed by atoms with van der Waals surface area (Å²) in [5, 5.41) is 2.61. The van der Waals surface area contributed by atoms with Crippen LogP contribution in [0.3, 0.4) is 0 Å². The molecule has 0 aliphatic rings. The maximum absolute atomic E-state index is 13.7. The average Bonchev–Trinajstić information content (AvgIpc) is 2.58. The van der Waals surface area contributed by atoms with Crippen molar-refractivity contribution in [3.8, 4) is 5.75 Å². The Balaban J connectivity index is 0.00000151. The number of nitrogens with one attached hydrogen (secondary N) is 1. The molecule has 7 heteroatoms. The van der Waals surface area contributed by atoms with Gasteiger partial charge >= 0.3 is 6.03 Å². The van der Waals surface area contributed by atoms with Crippen LogP contribution >= 0.6 is 11.6 Å². The lowest BCUT2D eigenvalue weighted by Gasteiger charge is -2.08. The molecule has 0 radical (unpaired) electrons. The van der Waals surface area contributed by atoms with Gasteiger partial charge in [-0.1, -0.05) is 37.6 Å². The normalized spacial score (nSPS) is 10.6. The molecule has 0 fully saturated rings. The van der Waals surface area contributed by atoms with Gasteiger partial charge in [-0.05, 0) is 30.7 Å². The number of carbonyl (C=O) groups is 1. The van der Waals surface area contributed by atoms with E-state index in [0.717, 1.165) is 5.56 Å². The van der Waals surface area contributed by atoms with E-state index in [9.17, 15) is 9.18 Å². The molecule has 0 aliphatic heterocycles. The van der Waals surface area contributed by atoms with Gasteiger partial charge in [0, 0.05) is 11.8 Å². The third-order valence-electron chi connectivity index (χ3n) is 3.10. The number of urea groups is 1. The lowest BCUT2D eigenvalue weighted by Crippen LogP contribution is -2.20. The molecule has 0 heterocycles. The van der Waals surface area contributed by atoms with E-state index >= 15 is 0 Å². The number of benzene rings is 2. The first-order valence-corrected chi connectivity index (χ1v) is 8.04. The van der Waals surface area contributed by atoms with E-state index in [4.69, 9.17) is 22.1 Å². The van der Waals surface area contributed by atoms with Gasteiger partial charge in [0.2, 0.25) is 0 Å². The van der Waals surface area contributed by atoms with Crippen LogP contribution in [0.25, 0.3) is 0 Å². The van der Waals surface area contributed by atoms with Crippen LogP contribution < -0.4 is 15.8 Å². The summed E-state index contributed by atoms with van der Waals surface area (Å²) >= 11 is 5.88.